The highest BCUT2D eigenvalue weighted by Crippen LogP contribution is 2.79. The Balaban J connectivity index is 0.000000126. The van der Waals surface area contributed by atoms with E-state index in [1.165, 1.54) is 45.4 Å². The zero-order chi connectivity index (χ0) is 100. The average molecular weight is 1950 g/mol. The molecule has 0 saturated heterocycles. The van der Waals surface area contributed by atoms with Gasteiger partial charge in [-0.1, -0.05) is 75.8 Å². The molecule has 0 heterocycles. The highest BCUT2D eigenvalue weighted by Gasteiger charge is 2.78. The van der Waals surface area contributed by atoms with E-state index in [0.717, 1.165) is 43.9 Å². The number of amides is 1. The number of fused-ring (bicyclic) bond motifs is 45. The second-order valence-corrected chi connectivity index (χ2v) is 46.2. The predicted octanol–water partition coefficient (Wildman–Crippen LogP) is 14.3. The number of hydrogen-bond acceptors (Lipinski definition) is 30. The van der Waals surface area contributed by atoms with Gasteiger partial charge in [-0.2, -0.15) is 5.26 Å². The number of allylic oxidation sites excluding steroid dienone is 1. The molecule has 0 aromatic heterocycles. The van der Waals surface area contributed by atoms with Crippen LogP contribution in [0.3, 0.4) is 0 Å². The van der Waals surface area contributed by atoms with Gasteiger partial charge in [-0.25, -0.2) is 5.26 Å². The molecule has 31 heteroatoms. The van der Waals surface area contributed by atoms with Gasteiger partial charge in [0, 0.05) is 39.2 Å². The number of aliphatic hydroxyl groups excluding tert-OH is 1. The lowest BCUT2D eigenvalue weighted by atomic mass is 9.59. The number of aliphatic hydroxyl groups is 1. The summed E-state index contributed by atoms with van der Waals surface area (Å²) in [5.74, 6) is 13.0. The normalized spacial score (nSPS) is 46.0. The van der Waals surface area contributed by atoms with E-state index in [1.807, 2.05) is 34.6 Å². The second-order valence-electron chi connectivity index (χ2n) is 46.2. The zero-order valence-electron chi connectivity index (χ0n) is 85.4. The van der Waals surface area contributed by atoms with Crippen molar-refractivity contribution in [3.8, 4) is 0 Å². The van der Waals surface area contributed by atoms with Crippen LogP contribution >= 0.6 is 0 Å². The maximum atomic E-state index is 13.2. The molecule has 139 heavy (non-hydrogen) atoms. The molecular formula is C108H162N2O29. The lowest BCUT2D eigenvalue weighted by molar-refractivity contribution is -0.243. The molecular weight excluding hydrogens is 1790 g/mol. The summed E-state index contributed by atoms with van der Waals surface area (Å²) in [5.41, 5.74) is 5.57. The van der Waals surface area contributed by atoms with Crippen LogP contribution < -0.4 is 11.1 Å². The van der Waals surface area contributed by atoms with Crippen molar-refractivity contribution in [1.82, 2.24) is 5.32 Å². The van der Waals surface area contributed by atoms with E-state index in [9.17, 15) is 47.9 Å². The zero-order valence-corrected chi connectivity index (χ0v) is 85.4. The van der Waals surface area contributed by atoms with Gasteiger partial charge < -0.3 is 92.2 Å². The standard InChI is InChI=1S/C23H35NO6.C23H35NO5.C21H30O7.C21H32O6.C20H30O5/c1-6-28-13(5)29-23(26)21-17-8-16(20(21)22(25)24-9-10(2)30-27)18-14-7-15(19(17)18)12(4)11(14)3;1-6-27-13(5)29-23(26)21-17-8-16(20(21)22(25)28-10(2)9-24)18-14-7-15(19(17)18)12(4)11(14)3;1-5-25-8-26-20(22)18-14-7-15(19(18)21(23)27-11(4)28-24)17-13-6-12(16(14)17)9(2)10(13)3;1-4-25-9-27-21(24)19-15-8-14(18(19)20(23)26-6-5-22)16-12-7-13(17(15)16)11(3)10(12)2;1-5-24-8-25-20(22)18-14-7-13(17(18)19(21)23-4)15-11-6-12(16(14)15)10(3)9(11)2/h9,11-21,27H,6-8H2,1-5H3,(H,24,25);11-21H,2,6-9,24H2,1,3-5H3;9-10,12-19,24H,4-8H2,1-3H3;10-19,22H,4-9H2,1-3H3;9-18H,5-8H2,1-4H3/b10-9+;;;;. The maximum Gasteiger partial charge on any atom is 0.317 e. The lowest BCUT2D eigenvalue weighted by Gasteiger charge is -2.45. The molecule has 20 rings (SSSR count). The Kier molecular flexibility index (Phi) is 32.5. The van der Waals surface area contributed by atoms with Crippen LogP contribution in [0.15, 0.2) is 36.8 Å². The molecule has 0 aromatic rings. The number of nitrogens with two attached hydrogens (primary N) is 1. The Morgan fingerprint density at radius 1 is 0.345 bits per heavy atom. The van der Waals surface area contributed by atoms with Gasteiger partial charge in [0.15, 0.2) is 38.7 Å². The first-order valence-electron chi connectivity index (χ1n) is 53.3. The summed E-state index contributed by atoms with van der Waals surface area (Å²) in [6.45, 7) is 46.9. The van der Waals surface area contributed by atoms with Crippen molar-refractivity contribution >= 4 is 59.6 Å². The molecule has 20 aliphatic carbocycles. The summed E-state index contributed by atoms with van der Waals surface area (Å²) in [6, 6.07) is 0. The topological polar surface area (TPSA) is 417 Å². The molecule has 0 radical (unpaired) electrons. The van der Waals surface area contributed by atoms with E-state index < -0.39 is 71.8 Å². The molecule has 52 unspecified atom stereocenters. The number of nitrogens with one attached hydrogen (secondary N) is 1. The third-order valence-corrected chi connectivity index (χ3v) is 42.5. The van der Waals surface area contributed by atoms with Crippen LogP contribution in [0.2, 0.25) is 0 Å². The van der Waals surface area contributed by atoms with Crippen LogP contribution in [-0.4, -0.2) is 168 Å². The smallest absolute Gasteiger partial charge is 0.317 e. The van der Waals surface area contributed by atoms with E-state index in [1.54, 1.807) is 20.8 Å². The van der Waals surface area contributed by atoms with Crippen molar-refractivity contribution in [2.24, 2.45) is 302 Å². The van der Waals surface area contributed by atoms with Gasteiger partial charge >= 0.3 is 59.7 Å². The lowest BCUT2D eigenvalue weighted by Crippen LogP contribution is -2.49. The molecule has 20 saturated carbocycles. The van der Waals surface area contributed by atoms with Gasteiger partial charge in [0.1, 0.15) is 12.4 Å². The van der Waals surface area contributed by atoms with Crippen LogP contribution in [0.5, 0.6) is 0 Å². The van der Waals surface area contributed by atoms with Crippen molar-refractivity contribution < 1.29 is 140 Å². The van der Waals surface area contributed by atoms with Crippen LogP contribution in [0, 0.1) is 296 Å². The Hall–Kier alpha value is -6.84. The molecule has 0 aliphatic heterocycles. The SMILES string of the molecule is C=C(CN)OC(=O)C1C2CC(C1C(=O)OC(C)OCC)C1C3CC(C(C)C3C)C21.C=C(OO)OC(=O)C1C2CC(C1C(=O)OCOCC)C1C3CC(C(C)C3C)C21.CCOC(C)OC(=O)C1C2CC(C1C(=O)N/C=C(\C)OO)C1C3CC(C(C)C3C)C21.CCOCOC(=O)C1C2CC(C1C(=O)OC)C1C3CC(C(C)C3C)C21.CCOCOC(=O)C1C2CC(C1C(=O)OCCO)C1C3CC(C(C)C3C)C21. The highest BCUT2D eigenvalue weighted by atomic mass is 17.1. The van der Waals surface area contributed by atoms with E-state index in [4.69, 9.17) is 87.7 Å². The largest absolute Gasteiger partial charge is 0.469 e. The van der Waals surface area contributed by atoms with Gasteiger partial charge in [0.25, 0.3) is 0 Å². The van der Waals surface area contributed by atoms with Crippen LogP contribution in [0.1, 0.15) is 189 Å². The fourth-order valence-corrected chi connectivity index (χ4v) is 37.5. The van der Waals surface area contributed by atoms with E-state index >= 15 is 0 Å². The monoisotopic (exact) mass is 1950 g/mol. The van der Waals surface area contributed by atoms with E-state index in [2.05, 4.69) is 97.5 Å². The number of ether oxygens (including phenoxy) is 14. The number of rotatable bonds is 33. The van der Waals surface area contributed by atoms with Crippen molar-refractivity contribution in [2.75, 3.05) is 80.3 Å². The quantitative estimate of drug-likeness (QED) is 0.00595. The van der Waals surface area contributed by atoms with Crippen molar-refractivity contribution in [3.05, 3.63) is 36.8 Å². The molecule has 52 atom stereocenters. The third-order valence-electron chi connectivity index (χ3n) is 42.5. The molecule has 6 N–H and O–H groups in total. The summed E-state index contributed by atoms with van der Waals surface area (Å²) in [4.78, 5) is 138. The highest BCUT2D eigenvalue weighted by molar-refractivity contribution is 5.89. The van der Waals surface area contributed by atoms with E-state index in [-0.39, 0.29) is 176 Å². The summed E-state index contributed by atoms with van der Waals surface area (Å²) >= 11 is 0. The summed E-state index contributed by atoms with van der Waals surface area (Å²) in [6.07, 6.45) is 10.9. The average Bonchev–Trinajstić information content (AvgIpc) is 1.54. The summed E-state index contributed by atoms with van der Waals surface area (Å²) in [5, 5.41) is 29.2. The third kappa shape index (κ3) is 18.2. The molecule has 0 aromatic carbocycles. The minimum Gasteiger partial charge on any atom is -0.469 e. The fraction of sp³-hybridized carbons (Fsp3) is 0.852. The first-order chi connectivity index (χ1) is 66.5. The van der Waals surface area contributed by atoms with E-state index in [0.29, 0.717) is 199 Å². The second kappa shape index (κ2) is 43.1. The number of esters is 9. The first kappa shape index (κ1) is 105. The summed E-state index contributed by atoms with van der Waals surface area (Å²) in [7, 11) is 1.43. The van der Waals surface area contributed by atoms with Crippen molar-refractivity contribution in [1.29, 1.82) is 0 Å². The van der Waals surface area contributed by atoms with Crippen molar-refractivity contribution in [3.63, 3.8) is 0 Å². The molecule has 31 nitrogen and oxygen atoms in total. The minimum absolute atomic E-state index is 0.0129. The molecule has 20 fully saturated rings. The van der Waals surface area contributed by atoms with Crippen LogP contribution in [0.4, 0.5) is 0 Å². The first-order valence-corrected chi connectivity index (χ1v) is 53.3. The van der Waals surface area contributed by atoms with Crippen molar-refractivity contribution in [2.45, 2.75) is 201 Å². The maximum absolute atomic E-state index is 13.2. The Bertz CT molecular complexity index is 4500. The molecule has 0 spiro atoms. The Morgan fingerprint density at radius 3 is 0.842 bits per heavy atom. The van der Waals surface area contributed by atoms with Gasteiger partial charge in [-0.05, 0) is 363 Å². The molecule has 778 valence electrons. The number of hydrogen-bond donors (Lipinski definition) is 5. The Morgan fingerprint density at radius 2 is 0.590 bits per heavy atom. The number of carbonyl (C=O) groups is 10. The van der Waals surface area contributed by atoms with Gasteiger partial charge in [0.2, 0.25) is 5.91 Å². The molecule has 20 bridgehead atoms. The fourth-order valence-electron chi connectivity index (χ4n) is 37.5. The Labute approximate surface area is 820 Å². The number of methoxy groups -OCH3 is 1. The van der Waals surface area contributed by atoms with Crippen LogP contribution in [-0.2, 0) is 124 Å². The van der Waals surface area contributed by atoms with Crippen LogP contribution in [0.25, 0.3) is 0 Å². The van der Waals surface area contributed by atoms with Gasteiger partial charge in [-0.3, -0.25) is 47.9 Å². The summed E-state index contributed by atoms with van der Waals surface area (Å²) < 4.78 is 74.5. The van der Waals surface area contributed by atoms with Gasteiger partial charge in [0.05, 0.1) is 79.4 Å². The molecule has 20 aliphatic rings. The molecule has 1 amide bonds. The predicted molar refractivity (Wildman–Crippen MR) is 498 cm³/mol. The minimum atomic E-state index is -0.620. The van der Waals surface area contributed by atoms with Gasteiger partial charge in [-0.15, -0.1) is 0 Å². The number of carbonyl (C=O) groups excluding carboxylic acids is 10.